The van der Waals surface area contributed by atoms with E-state index in [1.165, 1.54) is 18.9 Å². The number of nitrogens with zero attached hydrogens (tertiary/aromatic N) is 2. The minimum Gasteiger partial charge on any atom is -0.370 e. The molecule has 3 N–H and O–H groups in total. The van der Waals surface area contributed by atoms with Gasteiger partial charge in [0.1, 0.15) is 5.82 Å². The Labute approximate surface area is 140 Å². The molecule has 0 spiro atoms. The Morgan fingerprint density at radius 1 is 1.55 bits per heavy atom. The SMILES string of the molecule is CCN1CCCC1CN=C(N)NCCc1cc(Br)ccc1F. The molecule has 1 unspecified atom stereocenters. The molecule has 1 aromatic rings. The van der Waals surface area contributed by atoms with Gasteiger partial charge >= 0.3 is 0 Å². The molecule has 6 heteroatoms. The fourth-order valence-corrected chi connectivity index (χ4v) is 3.25. The molecule has 122 valence electrons. The van der Waals surface area contributed by atoms with Gasteiger partial charge in [0.2, 0.25) is 0 Å². The lowest BCUT2D eigenvalue weighted by atomic mass is 10.1. The average Bonchev–Trinajstić information content (AvgIpc) is 2.96. The molecule has 0 aliphatic carbocycles. The van der Waals surface area contributed by atoms with Crippen molar-refractivity contribution in [2.45, 2.75) is 32.2 Å². The molecule has 0 saturated carbocycles. The van der Waals surface area contributed by atoms with E-state index in [1.807, 2.05) is 0 Å². The summed E-state index contributed by atoms with van der Waals surface area (Å²) in [6.07, 6.45) is 3.00. The van der Waals surface area contributed by atoms with Crippen LogP contribution in [0.25, 0.3) is 0 Å². The zero-order chi connectivity index (χ0) is 15.9. The number of rotatable bonds is 6. The van der Waals surface area contributed by atoms with Crippen LogP contribution in [0.1, 0.15) is 25.3 Å². The van der Waals surface area contributed by atoms with Gasteiger partial charge in [-0.2, -0.15) is 0 Å². The maximum atomic E-state index is 13.6. The Kier molecular flexibility index (Phi) is 6.64. The smallest absolute Gasteiger partial charge is 0.188 e. The van der Waals surface area contributed by atoms with Crippen LogP contribution in [-0.4, -0.2) is 43.1 Å². The minimum atomic E-state index is -0.190. The standard InChI is InChI=1S/C16H24BrFN4/c1-2-22-9-3-4-14(22)11-21-16(19)20-8-7-12-10-13(17)5-6-15(12)18/h5-6,10,14H,2-4,7-9,11H2,1H3,(H3,19,20,21). The van der Waals surface area contributed by atoms with Crippen LogP contribution in [0, 0.1) is 5.82 Å². The van der Waals surface area contributed by atoms with Gasteiger partial charge < -0.3 is 11.1 Å². The summed E-state index contributed by atoms with van der Waals surface area (Å²) < 4.78 is 14.5. The second-order valence-corrected chi connectivity index (χ2v) is 6.48. The predicted molar refractivity (Wildman–Crippen MR) is 92.6 cm³/mol. The fourth-order valence-electron chi connectivity index (χ4n) is 2.84. The second kappa shape index (κ2) is 8.48. The molecule has 4 nitrogen and oxygen atoms in total. The molecular weight excluding hydrogens is 347 g/mol. The number of likely N-dealkylation sites (tertiary alicyclic amines) is 1. The molecule has 0 radical (unpaired) electrons. The molecule has 1 aliphatic heterocycles. The van der Waals surface area contributed by atoms with Crippen molar-refractivity contribution in [2.75, 3.05) is 26.2 Å². The van der Waals surface area contributed by atoms with Gasteiger partial charge in [-0.15, -0.1) is 0 Å². The van der Waals surface area contributed by atoms with Crippen LogP contribution in [0.5, 0.6) is 0 Å². The summed E-state index contributed by atoms with van der Waals surface area (Å²) in [5, 5.41) is 3.06. The third-order valence-corrected chi connectivity index (χ3v) is 4.58. The molecule has 1 saturated heterocycles. The van der Waals surface area contributed by atoms with Crippen LogP contribution in [-0.2, 0) is 6.42 Å². The van der Waals surface area contributed by atoms with Crippen molar-refractivity contribution in [3.63, 3.8) is 0 Å². The third-order valence-electron chi connectivity index (χ3n) is 4.09. The molecule has 1 fully saturated rings. The molecular formula is C16H24BrFN4. The van der Waals surface area contributed by atoms with E-state index in [0.717, 1.165) is 24.1 Å². The van der Waals surface area contributed by atoms with E-state index in [0.29, 0.717) is 30.5 Å². The van der Waals surface area contributed by atoms with Crippen LogP contribution < -0.4 is 11.1 Å². The van der Waals surface area contributed by atoms with Gasteiger partial charge in [-0.05, 0) is 56.1 Å². The summed E-state index contributed by atoms with van der Waals surface area (Å²) in [7, 11) is 0. The van der Waals surface area contributed by atoms with E-state index >= 15 is 0 Å². The molecule has 1 aromatic carbocycles. The number of nitrogens with two attached hydrogens (primary N) is 1. The number of hydrogen-bond acceptors (Lipinski definition) is 2. The van der Waals surface area contributed by atoms with Crippen LogP contribution >= 0.6 is 15.9 Å². The van der Waals surface area contributed by atoms with Crippen molar-refractivity contribution in [1.82, 2.24) is 10.2 Å². The molecule has 1 heterocycles. The maximum Gasteiger partial charge on any atom is 0.188 e. The van der Waals surface area contributed by atoms with Gasteiger partial charge in [0.25, 0.3) is 0 Å². The normalized spacial score (nSPS) is 19.6. The molecule has 0 amide bonds. The van der Waals surface area contributed by atoms with Crippen LogP contribution in [0.4, 0.5) is 4.39 Å². The van der Waals surface area contributed by atoms with E-state index < -0.39 is 0 Å². The van der Waals surface area contributed by atoms with Gasteiger partial charge in [-0.1, -0.05) is 22.9 Å². The first-order chi connectivity index (χ1) is 10.6. The highest BCUT2D eigenvalue weighted by atomic mass is 79.9. The van der Waals surface area contributed by atoms with Gasteiger partial charge in [-0.25, -0.2) is 4.39 Å². The number of nitrogens with one attached hydrogen (secondary N) is 1. The second-order valence-electron chi connectivity index (χ2n) is 5.56. The van der Waals surface area contributed by atoms with E-state index in [4.69, 9.17) is 5.73 Å². The summed E-state index contributed by atoms with van der Waals surface area (Å²) in [5.74, 6) is 0.253. The zero-order valence-corrected chi connectivity index (χ0v) is 14.6. The first-order valence-corrected chi connectivity index (χ1v) is 8.61. The van der Waals surface area contributed by atoms with Crippen molar-refractivity contribution >= 4 is 21.9 Å². The lowest BCUT2D eigenvalue weighted by Gasteiger charge is -2.20. The van der Waals surface area contributed by atoms with Crippen molar-refractivity contribution < 1.29 is 4.39 Å². The van der Waals surface area contributed by atoms with E-state index in [-0.39, 0.29) is 5.82 Å². The van der Waals surface area contributed by atoms with Crippen molar-refractivity contribution in [3.05, 3.63) is 34.1 Å². The molecule has 0 bridgehead atoms. The lowest BCUT2D eigenvalue weighted by molar-refractivity contribution is 0.273. The molecule has 2 rings (SSSR count). The van der Waals surface area contributed by atoms with Gasteiger partial charge in [0, 0.05) is 17.1 Å². The average molecular weight is 371 g/mol. The number of hydrogen-bond donors (Lipinski definition) is 2. The largest absolute Gasteiger partial charge is 0.370 e. The van der Waals surface area contributed by atoms with Gasteiger partial charge in [0.15, 0.2) is 5.96 Å². The number of guanidine groups is 1. The van der Waals surface area contributed by atoms with Crippen molar-refractivity contribution in [1.29, 1.82) is 0 Å². The summed E-state index contributed by atoms with van der Waals surface area (Å²) in [4.78, 5) is 6.85. The first kappa shape index (κ1) is 17.2. The molecule has 1 aliphatic rings. The maximum absolute atomic E-state index is 13.6. The molecule has 22 heavy (non-hydrogen) atoms. The number of halogens is 2. The zero-order valence-electron chi connectivity index (χ0n) is 13.0. The number of likely N-dealkylation sites (N-methyl/N-ethyl adjacent to an activating group) is 1. The highest BCUT2D eigenvalue weighted by Crippen LogP contribution is 2.17. The lowest BCUT2D eigenvalue weighted by Crippen LogP contribution is -2.36. The summed E-state index contributed by atoms with van der Waals surface area (Å²) >= 11 is 3.35. The number of aliphatic imine (C=N–C) groups is 1. The highest BCUT2D eigenvalue weighted by molar-refractivity contribution is 9.10. The fraction of sp³-hybridized carbons (Fsp3) is 0.562. The van der Waals surface area contributed by atoms with E-state index in [1.54, 1.807) is 12.1 Å². The topological polar surface area (TPSA) is 53.6 Å². The Hall–Kier alpha value is -1.14. The highest BCUT2D eigenvalue weighted by Gasteiger charge is 2.22. The Balaban J connectivity index is 1.76. The van der Waals surface area contributed by atoms with Crippen LogP contribution in [0.2, 0.25) is 0 Å². The van der Waals surface area contributed by atoms with E-state index in [9.17, 15) is 4.39 Å². The first-order valence-electron chi connectivity index (χ1n) is 7.82. The Morgan fingerprint density at radius 2 is 2.36 bits per heavy atom. The quantitative estimate of drug-likeness (QED) is 0.597. The molecule has 1 atom stereocenters. The monoisotopic (exact) mass is 370 g/mol. The van der Waals surface area contributed by atoms with E-state index in [2.05, 4.69) is 38.1 Å². The third kappa shape index (κ3) is 4.95. The summed E-state index contributed by atoms with van der Waals surface area (Å²) in [6.45, 7) is 5.71. The molecule has 0 aromatic heterocycles. The van der Waals surface area contributed by atoms with Crippen LogP contribution in [0.3, 0.4) is 0 Å². The summed E-state index contributed by atoms with van der Waals surface area (Å²) in [5.41, 5.74) is 6.56. The minimum absolute atomic E-state index is 0.190. The summed E-state index contributed by atoms with van der Waals surface area (Å²) in [6, 6.07) is 5.47. The van der Waals surface area contributed by atoms with Crippen molar-refractivity contribution in [2.24, 2.45) is 10.7 Å². The van der Waals surface area contributed by atoms with Gasteiger partial charge in [0.05, 0.1) is 6.54 Å². The predicted octanol–water partition coefficient (Wildman–Crippen LogP) is 2.52. The Bertz CT molecular complexity index is 521. The Morgan fingerprint density at radius 3 is 3.14 bits per heavy atom. The van der Waals surface area contributed by atoms with Crippen molar-refractivity contribution in [3.8, 4) is 0 Å². The van der Waals surface area contributed by atoms with Gasteiger partial charge in [-0.3, -0.25) is 9.89 Å². The number of benzene rings is 1. The van der Waals surface area contributed by atoms with Crippen LogP contribution in [0.15, 0.2) is 27.7 Å².